The summed E-state index contributed by atoms with van der Waals surface area (Å²) in [6.07, 6.45) is 0.940. The molecular weight excluding hydrogens is 272 g/mol. The second kappa shape index (κ2) is 6.44. The summed E-state index contributed by atoms with van der Waals surface area (Å²) in [5.41, 5.74) is 8.99. The minimum atomic E-state index is -0.190. The highest BCUT2D eigenvalue weighted by Gasteiger charge is 2.10. The lowest BCUT2D eigenvalue weighted by molar-refractivity contribution is 0.0951. The molecule has 0 aliphatic heterocycles. The molecule has 2 rings (SSSR count). The van der Waals surface area contributed by atoms with Gasteiger partial charge < -0.3 is 11.1 Å². The van der Waals surface area contributed by atoms with Gasteiger partial charge in [-0.05, 0) is 35.7 Å². The van der Waals surface area contributed by atoms with Crippen molar-refractivity contribution in [3.05, 3.63) is 64.2 Å². The molecule has 0 unspecified atom stereocenters. The Hall–Kier alpha value is -2.00. The Morgan fingerprint density at radius 3 is 2.55 bits per heavy atom. The second-order valence-corrected chi connectivity index (χ2v) is 4.97. The normalized spacial score (nSPS) is 10.3. The van der Waals surface area contributed by atoms with Gasteiger partial charge in [-0.15, -0.1) is 0 Å². The van der Waals surface area contributed by atoms with Crippen molar-refractivity contribution in [2.75, 3.05) is 5.73 Å². The minimum Gasteiger partial charge on any atom is -0.398 e. The predicted octanol–water partition coefficient (Wildman–Crippen LogP) is 3.41. The van der Waals surface area contributed by atoms with E-state index in [0.717, 1.165) is 12.0 Å². The number of carbonyl (C=O) groups is 1. The van der Waals surface area contributed by atoms with Crippen LogP contribution < -0.4 is 11.1 Å². The van der Waals surface area contributed by atoms with Crippen LogP contribution in [0.2, 0.25) is 5.02 Å². The summed E-state index contributed by atoms with van der Waals surface area (Å²) in [6, 6.07) is 12.9. The Bertz CT molecular complexity index is 626. The molecule has 0 saturated heterocycles. The van der Waals surface area contributed by atoms with E-state index in [1.807, 2.05) is 18.2 Å². The van der Waals surface area contributed by atoms with Crippen LogP contribution in [-0.2, 0) is 13.0 Å². The maximum absolute atomic E-state index is 12.1. The van der Waals surface area contributed by atoms with Crippen molar-refractivity contribution in [2.24, 2.45) is 0 Å². The minimum absolute atomic E-state index is 0.190. The lowest BCUT2D eigenvalue weighted by Gasteiger charge is -2.10. The molecule has 2 aromatic carbocycles. The van der Waals surface area contributed by atoms with Crippen LogP contribution in [0.25, 0.3) is 0 Å². The smallest absolute Gasteiger partial charge is 0.253 e. The van der Waals surface area contributed by atoms with E-state index >= 15 is 0 Å². The molecule has 2 aromatic rings. The highest BCUT2D eigenvalue weighted by molar-refractivity contribution is 6.31. The average molecular weight is 289 g/mol. The van der Waals surface area contributed by atoms with Crippen LogP contribution in [0.4, 0.5) is 5.69 Å². The van der Waals surface area contributed by atoms with E-state index in [0.29, 0.717) is 22.8 Å². The Morgan fingerprint density at radius 1 is 1.20 bits per heavy atom. The molecule has 0 fully saturated rings. The number of amides is 1. The SMILES string of the molecule is CCc1ccccc1CNC(=O)c1ccc(Cl)cc1N. The first kappa shape index (κ1) is 14.4. The Labute approximate surface area is 123 Å². The molecule has 3 N–H and O–H groups in total. The Kier molecular flexibility index (Phi) is 4.64. The maximum Gasteiger partial charge on any atom is 0.253 e. The van der Waals surface area contributed by atoms with Crippen LogP contribution in [0, 0.1) is 0 Å². The summed E-state index contributed by atoms with van der Waals surface area (Å²) >= 11 is 5.82. The lowest BCUT2D eigenvalue weighted by Crippen LogP contribution is -2.24. The Balaban J connectivity index is 2.09. The fourth-order valence-corrected chi connectivity index (χ4v) is 2.27. The van der Waals surface area contributed by atoms with Gasteiger partial charge >= 0.3 is 0 Å². The van der Waals surface area contributed by atoms with Crippen molar-refractivity contribution in [3.63, 3.8) is 0 Å². The van der Waals surface area contributed by atoms with Gasteiger partial charge in [-0.1, -0.05) is 42.8 Å². The van der Waals surface area contributed by atoms with Crippen LogP contribution >= 0.6 is 11.6 Å². The number of aryl methyl sites for hydroxylation is 1. The van der Waals surface area contributed by atoms with Crippen LogP contribution in [-0.4, -0.2) is 5.91 Å². The van der Waals surface area contributed by atoms with Crippen LogP contribution in [0.1, 0.15) is 28.4 Å². The first-order valence-corrected chi connectivity index (χ1v) is 6.89. The summed E-state index contributed by atoms with van der Waals surface area (Å²) in [7, 11) is 0. The second-order valence-electron chi connectivity index (χ2n) is 4.54. The summed E-state index contributed by atoms with van der Waals surface area (Å²) in [6.45, 7) is 2.59. The highest BCUT2D eigenvalue weighted by Crippen LogP contribution is 2.18. The van der Waals surface area contributed by atoms with Gasteiger partial charge in [0.15, 0.2) is 0 Å². The van der Waals surface area contributed by atoms with Gasteiger partial charge in [0.25, 0.3) is 5.91 Å². The van der Waals surface area contributed by atoms with Crippen molar-refractivity contribution in [1.29, 1.82) is 0 Å². The van der Waals surface area contributed by atoms with E-state index in [-0.39, 0.29) is 5.91 Å². The zero-order valence-electron chi connectivity index (χ0n) is 11.3. The van der Waals surface area contributed by atoms with E-state index in [2.05, 4.69) is 18.3 Å². The van der Waals surface area contributed by atoms with E-state index in [9.17, 15) is 4.79 Å². The molecular formula is C16H17ClN2O. The highest BCUT2D eigenvalue weighted by atomic mass is 35.5. The summed E-state index contributed by atoms with van der Waals surface area (Å²) in [4.78, 5) is 12.1. The molecule has 0 atom stereocenters. The summed E-state index contributed by atoms with van der Waals surface area (Å²) in [5.74, 6) is -0.190. The van der Waals surface area contributed by atoms with Crippen LogP contribution in [0.15, 0.2) is 42.5 Å². The van der Waals surface area contributed by atoms with Gasteiger partial charge in [0.1, 0.15) is 0 Å². The lowest BCUT2D eigenvalue weighted by atomic mass is 10.1. The third-order valence-electron chi connectivity index (χ3n) is 3.20. The number of hydrogen-bond donors (Lipinski definition) is 2. The number of nitrogen functional groups attached to an aromatic ring is 1. The van der Waals surface area contributed by atoms with E-state index in [1.165, 1.54) is 5.56 Å². The van der Waals surface area contributed by atoms with Crippen molar-refractivity contribution in [3.8, 4) is 0 Å². The molecule has 0 spiro atoms. The molecule has 20 heavy (non-hydrogen) atoms. The third-order valence-corrected chi connectivity index (χ3v) is 3.43. The van der Waals surface area contributed by atoms with Crippen molar-refractivity contribution in [2.45, 2.75) is 19.9 Å². The predicted molar refractivity (Wildman–Crippen MR) is 82.9 cm³/mol. The topological polar surface area (TPSA) is 55.1 Å². The van der Waals surface area contributed by atoms with Crippen LogP contribution in [0.3, 0.4) is 0 Å². The first-order valence-electron chi connectivity index (χ1n) is 6.51. The molecule has 0 aliphatic rings. The van der Waals surface area contributed by atoms with Gasteiger partial charge in [0.2, 0.25) is 0 Å². The van der Waals surface area contributed by atoms with E-state index in [1.54, 1.807) is 18.2 Å². The number of nitrogens with two attached hydrogens (primary N) is 1. The average Bonchev–Trinajstić information content (AvgIpc) is 2.45. The van der Waals surface area contributed by atoms with Crippen molar-refractivity contribution < 1.29 is 4.79 Å². The third kappa shape index (κ3) is 3.31. The number of carbonyl (C=O) groups excluding carboxylic acids is 1. The zero-order chi connectivity index (χ0) is 14.5. The molecule has 1 amide bonds. The number of rotatable bonds is 4. The molecule has 104 valence electrons. The van der Waals surface area contributed by atoms with Gasteiger partial charge in [-0.3, -0.25) is 4.79 Å². The fraction of sp³-hybridized carbons (Fsp3) is 0.188. The maximum atomic E-state index is 12.1. The molecule has 0 radical (unpaired) electrons. The van der Waals surface area contributed by atoms with E-state index < -0.39 is 0 Å². The quantitative estimate of drug-likeness (QED) is 0.847. The zero-order valence-corrected chi connectivity index (χ0v) is 12.1. The summed E-state index contributed by atoms with van der Waals surface area (Å²) < 4.78 is 0. The molecule has 3 nitrogen and oxygen atoms in total. The molecule has 0 heterocycles. The standard InChI is InChI=1S/C16H17ClN2O/c1-2-11-5-3-4-6-12(11)10-19-16(20)14-8-7-13(17)9-15(14)18/h3-9H,2,10,18H2,1H3,(H,19,20). The van der Waals surface area contributed by atoms with E-state index in [4.69, 9.17) is 17.3 Å². The molecule has 0 bridgehead atoms. The monoisotopic (exact) mass is 288 g/mol. The largest absolute Gasteiger partial charge is 0.398 e. The summed E-state index contributed by atoms with van der Waals surface area (Å²) in [5, 5.41) is 3.41. The van der Waals surface area contributed by atoms with Crippen LogP contribution in [0.5, 0.6) is 0 Å². The number of nitrogens with one attached hydrogen (secondary N) is 1. The molecule has 0 aliphatic carbocycles. The van der Waals surface area contributed by atoms with Crippen molar-refractivity contribution >= 4 is 23.2 Å². The number of anilines is 1. The molecule has 4 heteroatoms. The van der Waals surface area contributed by atoms with Gasteiger partial charge in [-0.2, -0.15) is 0 Å². The number of benzene rings is 2. The molecule has 0 aromatic heterocycles. The van der Waals surface area contributed by atoms with Gasteiger partial charge in [-0.25, -0.2) is 0 Å². The fourth-order valence-electron chi connectivity index (χ4n) is 2.09. The first-order chi connectivity index (χ1) is 9.61. The van der Waals surface area contributed by atoms with Gasteiger partial charge in [0.05, 0.1) is 5.56 Å². The van der Waals surface area contributed by atoms with Gasteiger partial charge in [0, 0.05) is 17.3 Å². The molecule has 0 saturated carbocycles. The Morgan fingerprint density at radius 2 is 1.90 bits per heavy atom. The number of halogens is 1. The number of hydrogen-bond acceptors (Lipinski definition) is 2. The van der Waals surface area contributed by atoms with Crippen molar-refractivity contribution in [1.82, 2.24) is 5.32 Å².